The molecule has 0 aliphatic carbocycles. The molecule has 0 aliphatic rings. The Balaban J connectivity index is 1.80. The van der Waals surface area contributed by atoms with Crippen LogP contribution < -0.4 is 22.1 Å². The quantitative estimate of drug-likeness (QED) is 0.398. The number of rotatable bonds is 9. The van der Waals surface area contributed by atoms with E-state index in [0.717, 1.165) is 12.8 Å². The summed E-state index contributed by atoms with van der Waals surface area (Å²) in [5.41, 5.74) is 4.63. The van der Waals surface area contributed by atoms with Crippen LogP contribution in [0.3, 0.4) is 0 Å². The van der Waals surface area contributed by atoms with Crippen LogP contribution >= 0.6 is 11.6 Å². The maximum absolute atomic E-state index is 12.7. The second-order valence-corrected chi connectivity index (χ2v) is 8.86. The van der Waals surface area contributed by atoms with Crippen LogP contribution in [0.5, 0.6) is 0 Å². The summed E-state index contributed by atoms with van der Waals surface area (Å²) in [6.07, 6.45) is 1.88. The summed E-state index contributed by atoms with van der Waals surface area (Å²) < 4.78 is 3.25. The molecule has 0 spiro atoms. The van der Waals surface area contributed by atoms with Gasteiger partial charge in [-0.15, -0.1) is 0 Å². The zero-order valence-corrected chi connectivity index (χ0v) is 20.2. The zero-order chi connectivity index (χ0) is 24.8. The molecular formula is C23H29ClN6O4. The van der Waals surface area contributed by atoms with Gasteiger partial charge in [-0.2, -0.15) is 0 Å². The van der Waals surface area contributed by atoms with E-state index in [1.54, 1.807) is 28.8 Å². The van der Waals surface area contributed by atoms with Crippen molar-refractivity contribution in [1.29, 1.82) is 0 Å². The van der Waals surface area contributed by atoms with Gasteiger partial charge in [-0.3, -0.25) is 34.8 Å². The number of halogens is 1. The van der Waals surface area contributed by atoms with E-state index >= 15 is 0 Å². The molecular weight excluding hydrogens is 460 g/mol. The zero-order valence-electron chi connectivity index (χ0n) is 19.5. The first-order valence-electron chi connectivity index (χ1n) is 11.3. The minimum atomic E-state index is -0.530. The van der Waals surface area contributed by atoms with Gasteiger partial charge in [-0.05, 0) is 24.5 Å². The van der Waals surface area contributed by atoms with Gasteiger partial charge in [-0.1, -0.05) is 50.9 Å². The molecule has 0 fully saturated rings. The minimum absolute atomic E-state index is 0.0152. The van der Waals surface area contributed by atoms with E-state index in [9.17, 15) is 19.2 Å². The Morgan fingerprint density at radius 2 is 1.88 bits per heavy atom. The second-order valence-electron chi connectivity index (χ2n) is 8.45. The van der Waals surface area contributed by atoms with E-state index in [4.69, 9.17) is 11.6 Å². The summed E-state index contributed by atoms with van der Waals surface area (Å²) in [5.74, 6) is -0.230. The molecule has 0 saturated heterocycles. The Labute approximate surface area is 201 Å². The molecule has 0 saturated carbocycles. The predicted molar refractivity (Wildman–Crippen MR) is 130 cm³/mol. The van der Waals surface area contributed by atoms with Gasteiger partial charge in [0.1, 0.15) is 5.82 Å². The van der Waals surface area contributed by atoms with E-state index in [2.05, 4.69) is 20.8 Å². The number of hydrogen-bond acceptors (Lipinski definition) is 5. The number of fused-ring (bicyclic) bond motifs is 1. The van der Waals surface area contributed by atoms with E-state index in [1.807, 2.05) is 20.8 Å². The van der Waals surface area contributed by atoms with Crippen LogP contribution in [0.2, 0.25) is 5.02 Å². The second kappa shape index (κ2) is 11.1. The number of aromatic nitrogens is 4. The number of hydrazine groups is 1. The Kier molecular flexibility index (Phi) is 8.27. The van der Waals surface area contributed by atoms with Crippen LogP contribution in [-0.4, -0.2) is 30.9 Å². The highest BCUT2D eigenvalue weighted by Gasteiger charge is 2.20. The Hall–Kier alpha value is -3.40. The number of carbonyl (C=O) groups is 2. The number of nitrogens with one attached hydrogen (secondary N) is 3. The number of imidazole rings is 1. The van der Waals surface area contributed by atoms with Gasteiger partial charge in [0.25, 0.3) is 11.5 Å². The first-order chi connectivity index (χ1) is 16.2. The number of H-pyrrole nitrogens is 1. The van der Waals surface area contributed by atoms with Crippen molar-refractivity contribution in [2.24, 2.45) is 5.92 Å². The van der Waals surface area contributed by atoms with Gasteiger partial charge in [0, 0.05) is 25.9 Å². The number of amides is 2. The van der Waals surface area contributed by atoms with Crippen molar-refractivity contribution in [2.45, 2.75) is 59.5 Å². The molecule has 0 radical (unpaired) electrons. The highest BCUT2D eigenvalue weighted by molar-refractivity contribution is 6.33. The molecule has 0 unspecified atom stereocenters. The van der Waals surface area contributed by atoms with Crippen molar-refractivity contribution in [3.63, 3.8) is 0 Å². The van der Waals surface area contributed by atoms with Crippen LogP contribution in [0.4, 0.5) is 0 Å². The first-order valence-corrected chi connectivity index (χ1v) is 11.7. The number of hydrogen-bond donors (Lipinski definition) is 3. The van der Waals surface area contributed by atoms with Gasteiger partial charge in [0.2, 0.25) is 5.91 Å². The van der Waals surface area contributed by atoms with Crippen molar-refractivity contribution in [2.75, 3.05) is 0 Å². The maximum Gasteiger partial charge on any atom is 0.330 e. The topological polar surface area (TPSA) is 131 Å². The molecule has 3 N–H and O–H groups in total. The van der Waals surface area contributed by atoms with Crippen LogP contribution in [0.1, 0.15) is 56.2 Å². The molecule has 1 aromatic carbocycles. The third kappa shape index (κ3) is 5.74. The number of unbranched alkanes of at least 4 members (excludes halogenated alkanes) is 1. The van der Waals surface area contributed by atoms with Crippen molar-refractivity contribution in [3.8, 4) is 0 Å². The number of aromatic amines is 1. The number of benzene rings is 1. The summed E-state index contributed by atoms with van der Waals surface area (Å²) in [6.45, 7) is 6.97. The van der Waals surface area contributed by atoms with Crippen LogP contribution in [0.15, 0.2) is 33.9 Å². The number of carbonyl (C=O) groups excluding carboxylic acids is 2. The lowest BCUT2D eigenvalue weighted by molar-refractivity contribution is -0.121. The predicted octanol–water partition coefficient (Wildman–Crippen LogP) is 2.39. The molecule has 2 aromatic heterocycles. The third-order valence-corrected chi connectivity index (χ3v) is 5.59. The highest BCUT2D eigenvalue weighted by atomic mass is 35.5. The molecule has 182 valence electrons. The van der Waals surface area contributed by atoms with E-state index in [1.165, 1.54) is 4.57 Å². The van der Waals surface area contributed by atoms with Crippen molar-refractivity contribution < 1.29 is 9.59 Å². The molecule has 0 atom stereocenters. The summed E-state index contributed by atoms with van der Waals surface area (Å²) in [5, 5.41) is 0.274. The van der Waals surface area contributed by atoms with E-state index < -0.39 is 23.1 Å². The lowest BCUT2D eigenvalue weighted by atomic mass is 10.2. The van der Waals surface area contributed by atoms with Crippen LogP contribution in [-0.2, 0) is 24.3 Å². The fourth-order valence-corrected chi connectivity index (χ4v) is 3.84. The normalized spacial score (nSPS) is 11.2. The summed E-state index contributed by atoms with van der Waals surface area (Å²) in [4.78, 5) is 56.7. The average molecular weight is 489 g/mol. The lowest BCUT2D eigenvalue weighted by Crippen LogP contribution is -2.41. The lowest BCUT2D eigenvalue weighted by Gasteiger charge is -2.12. The van der Waals surface area contributed by atoms with Gasteiger partial charge in [-0.25, -0.2) is 9.78 Å². The largest absolute Gasteiger partial charge is 0.330 e. The molecule has 3 aromatic rings. The average Bonchev–Trinajstić information content (AvgIpc) is 3.14. The summed E-state index contributed by atoms with van der Waals surface area (Å²) in [7, 11) is 0. The van der Waals surface area contributed by atoms with Crippen LogP contribution in [0, 0.1) is 5.92 Å². The molecule has 34 heavy (non-hydrogen) atoms. The molecule has 2 amide bonds. The molecule has 2 heterocycles. The fourth-order valence-electron chi connectivity index (χ4n) is 3.62. The minimum Gasteiger partial charge on any atom is -0.322 e. The Bertz CT molecular complexity index is 1310. The summed E-state index contributed by atoms with van der Waals surface area (Å²) >= 11 is 6.00. The van der Waals surface area contributed by atoms with Crippen molar-refractivity contribution >= 4 is 34.6 Å². The Morgan fingerprint density at radius 3 is 2.56 bits per heavy atom. The first kappa shape index (κ1) is 25.2. The van der Waals surface area contributed by atoms with Crippen molar-refractivity contribution in [3.05, 3.63) is 61.5 Å². The molecule has 3 rings (SSSR count). The van der Waals surface area contributed by atoms with Crippen molar-refractivity contribution in [1.82, 2.24) is 30.0 Å². The maximum atomic E-state index is 12.7. The molecule has 0 bridgehead atoms. The van der Waals surface area contributed by atoms with Crippen LogP contribution in [0.25, 0.3) is 11.2 Å². The number of aryl methyl sites for hydroxylation is 2. The van der Waals surface area contributed by atoms with E-state index in [0.29, 0.717) is 30.1 Å². The fraction of sp³-hybridized carbons (Fsp3) is 0.435. The van der Waals surface area contributed by atoms with Gasteiger partial charge >= 0.3 is 5.69 Å². The smallest absolute Gasteiger partial charge is 0.322 e. The third-order valence-electron chi connectivity index (χ3n) is 5.26. The van der Waals surface area contributed by atoms with Gasteiger partial charge in [0.05, 0.1) is 10.6 Å². The van der Waals surface area contributed by atoms with Gasteiger partial charge in [0.15, 0.2) is 11.2 Å². The monoisotopic (exact) mass is 488 g/mol. The highest BCUT2D eigenvalue weighted by Crippen LogP contribution is 2.16. The molecule has 11 heteroatoms. The summed E-state index contributed by atoms with van der Waals surface area (Å²) in [6, 6.07) is 6.50. The Morgan fingerprint density at radius 1 is 1.15 bits per heavy atom. The molecule has 10 nitrogen and oxygen atoms in total. The van der Waals surface area contributed by atoms with Gasteiger partial charge < -0.3 is 4.57 Å². The molecule has 0 aliphatic heterocycles. The standard InChI is InChI=1S/C23H29ClN6O4/c1-4-5-12-29-20-19(22(33)26-23(29)34)30(13-14(2)3)17(25-20)10-11-18(31)27-28-21(32)15-8-6-7-9-16(15)24/h6-9,14H,4-5,10-13H2,1-3H3,(H,27,31)(H,28,32)(H,26,33,34). The SMILES string of the molecule is CCCCn1c(=O)[nH]c(=O)c2c1nc(CCC(=O)NNC(=O)c1ccccc1Cl)n2CC(C)C. The van der Waals surface area contributed by atoms with E-state index in [-0.39, 0.29) is 29.3 Å². The number of nitrogens with zero attached hydrogens (tertiary/aromatic N) is 3.